The minimum absolute atomic E-state index is 0.0983. The SMILES string of the molecule is CN(C)C(=O)[C@@H](NC(=O)c1cnccc1-c1ccc(C(F)(F)F)cc1)c1ccc(Cl)c(C(F)(F)F)c1. The highest BCUT2D eigenvalue weighted by atomic mass is 35.5. The Morgan fingerprint density at radius 2 is 1.58 bits per heavy atom. The van der Waals surface area contributed by atoms with Crippen molar-refractivity contribution in [2.24, 2.45) is 0 Å². The highest BCUT2D eigenvalue weighted by Gasteiger charge is 2.35. The number of halogens is 7. The first-order valence-electron chi connectivity index (χ1n) is 10.2. The minimum atomic E-state index is -4.80. The number of alkyl halides is 6. The lowest BCUT2D eigenvalue weighted by molar-refractivity contribution is -0.138. The molecule has 0 aliphatic rings. The molecule has 3 rings (SSSR count). The number of aromatic nitrogens is 1. The van der Waals surface area contributed by atoms with E-state index in [2.05, 4.69) is 10.3 Å². The summed E-state index contributed by atoms with van der Waals surface area (Å²) >= 11 is 5.68. The number of nitrogens with zero attached hydrogens (tertiary/aromatic N) is 2. The highest BCUT2D eigenvalue weighted by Crippen LogP contribution is 2.37. The van der Waals surface area contributed by atoms with Crippen molar-refractivity contribution in [3.63, 3.8) is 0 Å². The van der Waals surface area contributed by atoms with Crippen LogP contribution in [0.4, 0.5) is 26.3 Å². The number of carbonyl (C=O) groups excluding carboxylic acids is 2. The van der Waals surface area contributed by atoms with Crippen molar-refractivity contribution in [1.29, 1.82) is 0 Å². The summed E-state index contributed by atoms with van der Waals surface area (Å²) in [5.74, 6) is -1.60. The van der Waals surface area contributed by atoms with Crippen molar-refractivity contribution in [2.45, 2.75) is 18.4 Å². The molecule has 2 aromatic carbocycles. The number of amides is 2. The van der Waals surface area contributed by atoms with Crippen molar-refractivity contribution < 1.29 is 35.9 Å². The van der Waals surface area contributed by atoms with Gasteiger partial charge in [-0.25, -0.2) is 0 Å². The van der Waals surface area contributed by atoms with Gasteiger partial charge in [0.25, 0.3) is 5.91 Å². The Labute approximate surface area is 206 Å². The van der Waals surface area contributed by atoms with E-state index in [9.17, 15) is 35.9 Å². The molecule has 1 N–H and O–H groups in total. The van der Waals surface area contributed by atoms with Crippen LogP contribution >= 0.6 is 11.6 Å². The molecular weight excluding hydrogens is 512 g/mol. The van der Waals surface area contributed by atoms with Crippen LogP contribution in [0.15, 0.2) is 60.9 Å². The molecule has 0 aliphatic heterocycles. The molecular formula is C24H18ClF6N3O2. The van der Waals surface area contributed by atoms with Crippen LogP contribution in [0.1, 0.15) is 33.1 Å². The molecule has 0 unspecified atom stereocenters. The Morgan fingerprint density at radius 3 is 2.14 bits per heavy atom. The first kappa shape index (κ1) is 27.0. The third-order valence-corrected chi connectivity index (χ3v) is 5.51. The smallest absolute Gasteiger partial charge is 0.347 e. The van der Waals surface area contributed by atoms with Crippen molar-refractivity contribution in [1.82, 2.24) is 15.2 Å². The van der Waals surface area contributed by atoms with Gasteiger partial charge in [-0.05, 0) is 47.0 Å². The van der Waals surface area contributed by atoms with Gasteiger partial charge < -0.3 is 10.2 Å². The van der Waals surface area contributed by atoms with E-state index in [-0.39, 0.29) is 22.3 Å². The molecule has 12 heteroatoms. The predicted octanol–water partition coefficient (Wildman–Crippen LogP) is 6.00. The van der Waals surface area contributed by atoms with Gasteiger partial charge in [0.1, 0.15) is 6.04 Å². The topological polar surface area (TPSA) is 62.3 Å². The highest BCUT2D eigenvalue weighted by molar-refractivity contribution is 6.31. The van der Waals surface area contributed by atoms with Crippen molar-refractivity contribution in [3.05, 3.63) is 88.2 Å². The maximum absolute atomic E-state index is 13.4. The lowest BCUT2D eigenvalue weighted by Gasteiger charge is -2.23. The van der Waals surface area contributed by atoms with Gasteiger partial charge in [-0.1, -0.05) is 29.8 Å². The standard InChI is InChI=1S/C24H18ClF6N3O2/c1-34(2)22(36)20(14-5-8-19(25)18(11-14)24(29,30)31)33-21(35)17-12-32-10-9-16(17)13-3-6-15(7-4-13)23(26,27)28/h3-12,20H,1-2H3,(H,33,35)/t20-/m0/s1. The van der Waals surface area contributed by atoms with Gasteiger partial charge in [-0.3, -0.25) is 14.6 Å². The third kappa shape index (κ3) is 5.96. The fourth-order valence-corrected chi connectivity index (χ4v) is 3.58. The normalized spacial score (nSPS) is 12.7. The maximum Gasteiger partial charge on any atom is 0.417 e. The second kappa shape index (κ2) is 10.2. The molecule has 36 heavy (non-hydrogen) atoms. The van der Waals surface area contributed by atoms with E-state index in [1.165, 1.54) is 44.6 Å². The van der Waals surface area contributed by atoms with Crippen LogP contribution < -0.4 is 5.32 Å². The molecule has 0 spiro atoms. The van der Waals surface area contributed by atoms with Crippen LogP contribution in [-0.4, -0.2) is 35.8 Å². The fraction of sp³-hybridized carbons (Fsp3) is 0.208. The number of pyridine rings is 1. The molecule has 0 fully saturated rings. The van der Waals surface area contributed by atoms with E-state index in [4.69, 9.17) is 11.6 Å². The zero-order chi connectivity index (χ0) is 26.8. The molecule has 3 aromatic rings. The average Bonchev–Trinajstić information content (AvgIpc) is 2.81. The summed E-state index contributed by atoms with van der Waals surface area (Å²) in [4.78, 5) is 30.9. The molecule has 1 aromatic heterocycles. The van der Waals surface area contributed by atoms with Gasteiger partial charge in [0.2, 0.25) is 5.91 Å². The Balaban J connectivity index is 2.01. The van der Waals surface area contributed by atoms with Crippen LogP contribution in [0.5, 0.6) is 0 Å². The van der Waals surface area contributed by atoms with Gasteiger partial charge in [-0.15, -0.1) is 0 Å². The Kier molecular flexibility index (Phi) is 7.63. The van der Waals surface area contributed by atoms with E-state index in [0.29, 0.717) is 6.07 Å². The number of carbonyl (C=O) groups is 2. The van der Waals surface area contributed by atoms with Crippen LogP contribution in [0.25, 0.3) is 11.1 Å². The van der Waals surface area contributed by atoms with Gasteiger partial charge in [0.05, 0.1) is 21.7 Å². The van der Waals surface area contributed by atoms with E-state index in [1.807, 2.05) is 0 Å². The second-order valence-electron chi connectivity index (χ2n) is 7.87. The molecule has 0 aliphatic carbocycles. The van der Waals surface area contributed by atoms with Crippen LogP contribution in [0.3, 0.4) is 0 Å². The maximum atomic E-state index is 13.4. The Bertz CT molecular complexity index is 1270. The summed E-state index contributed by atoms with van der Waals surface area (Å²) in [7, 11) is 2.72. The molecule has 5 nitrogen and oxygen atoms in total. The van der Waals surface area contributed by atoms with Crippen molar-refractivity contribution >= 4 is 23.4 Å². The van der Waals surface area contributed by atoms with Crippen LogP contribution in [0, 0.1) is 0 Å². The lowest BCUT2D eigenvalue weighted by Crippen LogP contribution is -2.40. The lowest BCUT2D eigenvalue weighted by atomic mass is 9.98. The molecule has 0 bridgehead atoms. The molecule has 1 heterocycles. The summed E-state index contributed by atoms with van der Waals surface area (Å²) in [6, 6.07) is 6.75. The number of benzene rings is 2. The van der Waals surface area contributed by atoms with E-state index < -0.39 is 46.4 Å². The summed E-state index contributed by atoms with van der Waals surface area (Å²) < 4.78 is 78.9. The monoisotopic (exact) mass is 529 g/mol. The summed E-state index contributed by atoms with van der Waals surface area (Å²) in [6.45, 7) is 0. The van der Waals surface area contributed by atoms with Gasteiger partial charge in [0, 0.05) is 26.5 Å². The first-order chi connectivity index (χ1) is 16.7. The van der Waals surface area contributed by atoms with E-state index in [0.717, 1.165) is 29.3 Å². The molecule has 0 saturated heterocycles. The summed E-state index contributed by atoms with van der Waals surface area (Å²) in [5, 5.41) is 1.84. The average molecular weight is 530 g/mol. The van der Waals surface area contributed by atoms with Gasteiger partial charge in [-0.2, -0.15) is 26.3 Å². The Hall–Kier alpha value is -3.60. The largest absolute Gasteiger partial charge is 0.417 e. The first-order valence-corrected chi connectivity index (χ1v) is 10.6. The van der Waals surface area contributed by atoms with Crippen molar-refractivity contribution in [3.8, 4) is 11.1 Å². The zero-order valence-corrected chi connectivity index (χ0v) is 19.5. The summed E-state index contributed by atoms with van der Waals surface area (Å²) in [6.07, 6.45) is -6.89. The quantitative estimate of drug-likeness (QED) is 0.412. The molecule has 2 amide bonds. The fourth-order valence-electron chi connectivity index (χ4n) is 3.36. The minimum Gasteiger partial charge on any atom is -0.347 e. The molecule has 190 valence electrons. The molecule has 0 radical (unpaired) electrons. The number of nitrogens with one attached hydrogen (secondary N) is 1. The van der Waals surface area contributed by atoms with Gasteiger partial charge in [0.15, 0.2) is 0 Å². The molecule has 1 atom stereocenters. The van der Waals surface area contributed by atoms with Crippen molar-refractivity contribution in [2.75, 3.05) is 14.1 Å². The zero-order valence-electron chi connectivity index (χ0n) is 18.7. The second-order valence-corrected chi connectivity index (χ2v) is 8.28. The number of likely N-dealkylation sites (N-methyl/N-ethyl adjacent to an activating group) is 1. The van der Waals surface area contributed by atoms with Crippen LogP contribution in [-0.2, 0) is 17.1 Å². The van der Waals surface area contributed by atoms with E-state index in [1.54, 1.807) is 0 Å². The predicted molar refractivity (Wildman–Crippen MR) is 120 cm³/mol. The number of hydrogen-bond acceptors (Lipinski definition) is 3. The number of rotatable bonds is 5. The van der Waals surface area contributed by atoms with E-state index >= 15 is 0 Å². The Morgan fingerprint density at radius 1 is 0.944 bits per heavy atom. The van der Waals surface area contributed by atoms with Gasteiger partial charge >= 0.3 is 12.4 Å². The molecule has 0 saturated carbocycles. The number of hydrogen-bond donors (Lipinski definition) is 1. The third-order valence-electron chi connectivity index (χ3n) is 5.18. The van der Waals surface area contributed by atoms with Crippen LogP contribution in [0.2, 0.25) is 5.02 Å². The summed E-state index contributed by atoms with van der Waals surface area (Å²) in [5.41, 5.74) is -1.86.